The van der Waals surface area contributed by atoms with Crippen LogP contribution in [0.4, 0.5) is 0 Å². The number of carbonyl (C=O) groups is 1. The molecule has 0 radical (unpaired) electrons. The Morgan fingerprint density at radius 1 is 1.00 bits per heavy atom. The van der Waals surface area contributed by atoms with Crippen molar-refractivity contribution >= 4 is 5.97 Å². The molecular formula is C22H22O8. The highest BCUT2D eigenvalue weighted by Crippen LogP contribution is 2.57. The molecule has 0 bridgehead atoms. The Balaban J connectivity index is 1.78. The van der Waals surface area contributed by atoms with E-state index in [-0.39, 0.29) is 25.3 Å². The number of benzene rings is 2. The highest BCUT2D eigenvalue weighted by molar-refractivity contribution is 5.79. The first-order chi connectivity index (χ1) is 14.6. The van der Waals surface area contributed by atoms with Crippen LogP contribution in [0.15, 0.2) is 24.3 Å². The third-order valence-corrected chi connectivity index (χ3v) is 6.20. The normalized spacial score (nSPS) is 25.9. The summed E-state index contributed by atoms with van der Waals surface area (Å²) in [6, 6.07) is 7.27. The molecule has 8 nitrogen and oxygen atoms in total. The van der Waals surface area contributed by atoms with Crippen LogP contribution in [-0.4, -0.2) is 45.8 Å². The lowest BCUT2D eigenvalue weighted by atomic mass is 9.66. The standard InChI is InChI=1S/C22H22O8/c1-25-14-6-10(7-15(26-2)20(14)27-3)16-17-11(4-5-13-21(17)30-9-29-13)19(23)12-8-28-22(24)18(12)16/h4-7,12,16,18-19,23H,8-9H2,1-3H3/t12-,16-,18-,19+/m1/s1. The highest BCUT2D eigenvalue weighted by Gasteiger charge is 2.53. The first-order valence-corrected chi connectivity index (χ1v) is 9.66. The Labute approximate surface area is 173 Å². The number of cyclic esters (lactones) is 1. The van der Waals surface area contributed by atoms with Crippen LogP contribution in [0.3, 0.4) is 0 Å². The minimum Gasteiger partial charge on any atom is -0.493 e. The lowest BCUT2D eigenvalue weighted by Crippen LogP contribution is -2.34. The molecule has 1 aliphatic carbocycles. The van der Waals surface area contributed by atoms with Crippen LogP contribution >= 0.6 is 0 Å². The maximum absolute atomic E-state index is 12.8. The summed E-state index contributed by atoms with van der Waals surface area (Å²) in [5.41, 5.74) is 2.21. The predicted molar refractivity (Wildman–Crippen MR) is 103 cm³/mol. The molecule has 0 amide bonds. The van der Waals surface area contributed by atoms with Gasteiger partial charge in [0.05, 0.1) is 40.0 Å². The van der Waals surface area contributed by atoms with Gasteiger partial charge in [0.25, 0.3) is 0 Å². The van der Waals surface area contributed by atoms with Crippen molar-refractivity contribution in [2.45, 2.75) is 12.0 Å². The summed E-state index contributed by atoms with van der Waals surface area (Å²) in [4.78, 5) is 12.8. The number of methoxy groups -OCH3 is 3. The lowest BCUT2D eigenvalue weighted by Gasteiger charge is -2.37. The van der Waals surface area contributed by atoms with E-state index in [1.165, 1.54) is 7.11 Å². The summed E-state index contributed by atoms with van der Waals surface area (Å²) in [5.74, 6) is 0.823. The number of ether oxygens (including phenoxy) is 6. The summed E-state index contributed by atoms with van der Waals surface area (Å²) >= 11 is 0. The Morgan fingerprint density at radius 3 is 2.40 bits per heavy atom. The summed E-state index contributed by atoms with van der Waals surface area (Å²) in [6.07, 6.45) is -0.843. The lowest BCUT2D eigenvalue weighted by molar-refractivity contribution is -0.141. The molecule has 0 saturated carbocycles. The fourth-order valence-corrected chi connectivity index (χ4v) is 4.88. The van der Waals surface area contributed by atoms with Crippen molar-refractivity contribution in [3.63, 3.8) is 0 Å². The molecule has 1 N–H and O–H groups in total. The Kier molecular flexibility index (Phi) is 4.39. The zero-order valence-electron chi connectivity index (χ0n) is 16.8. The molecule has 2 aliphatic heterocycles. The highest BCUT2D eigenvalue weighted by atomic mass is 16.7. The van der Waals surface area contributed by atoms with Gasteiger partial charge in [0.2, 0.25) is 12.5 Å². The van der Waals surface area contributed by atoms with Crippen molar-refractivity contribution in [2.24, 2.45) is 11.8 Å². The molecule has 0 spiro atoms. The average Bonchev–Trinajstić information content (AvgIpc) is 3.40. The zero-order chi connectivity index (χ0) is 21.0. The van der Waals surface area contributed by atoms with E-state index in [9.17, 15) is 9.90 Å². The third-order valence-electron chi connectivity index (χ3n) is 6.20. The number of esters is 1. The molecule has 158 valence electrons. The van der Waals surface area contributed by atoms with E-state index >= 15 is 0 Å². The van der Waals surface area contributed by atoms with E-state index in [2.05, 4.69) is 0 Å². The van der Waals surface area contributed by atoms with Crippen LogP contribution in [0.1, 0.15) is 28.7 Å². The van der Waals surface area contributed by atoms with Gasteiger partial charge in [-0.3, -0.25) is 4.79 Å². The SMILES string of the molecule is COc1cc([C@@H]2c3c(ccc4c3OCO4)[C@H](O)[C@@H]3COC(=O)[C@@H]23)cc(OC)c1OC. The average molecular weight is 414 g/mol. The van der Waals surface area contributed by atoms with Crippen molar-refractivity contribution in [1.82, 2.24) is 0 Å². The van der Waals surface area contributed by atoms with E-state index in [1.807, 2.05) is 18.2 Å². The smallest absolute Gasteiger partial charge is 0.310 e. The molecule has 2 aromatic carbocycles. The second-order valence-corrected chi connectivity index (χ2v) is 7.50. The first-order valence-electron chi connectivity index (χ1n) is 9.66. The van der Waals surface area contributed by atoms with E-state index in [4.69, 9.17) is 28.4 Å². The van der Waals surface area contributed by atoms with Crippen LogP contribution in [0.5, 0.6) is 28.7 Å². The molecule has 0 aromatic heterocycles. The van der Waals surface area contributed by atoms with E-state index in [0.29, 0.717) is 34.3 Å². The van der Waals surface area contributed by atoms with Crippen molar-refractivity contribution < 1.29 is 38.3 Å². The number of aliphatic hydroxyl groups is 1. The van der Waals surface area contributed by atoms with Crippen LogP contribution in [0.2, 0.25) is 0 Å². The number of rotatable bonds is 4. The zero-order valence-corrected chi connectivity index (χ0v) is 16.8. The number of hydrogen-bond acceptors (Lipinski definition) is 8. The van der Waals surface area contributed by atoms with Gasteiger partial charge in [-0.15, -0.1) is 0 Å². The minimum atomic E-state index is -0.843. The maximum Gasteiger partial charge on any atom is 0.310 e. The van der Waals surface area contributed by atoms with Crippen LogP contribution < -0.4 is 23.7 Å². The molecule has 0 unspecified atom stereocenters. The third kappa shape index (κ3) is 2.53. The van der Waals surface area contributed by atoms with Gasteiger partial charge in [0, 0.05) is 17.4 Å². The van der Waals surface area contributed by atoms with Gasteiger partial charge in [-0.2, -0.15) is 0 Å². The van der Waals surface area contributed by atoms with Gasteiger partial charge >= 0.3 is 5.97 Å². The van der Waals surface area contributed by atoms with Crippen LogP contribution in [0.25, 0.3) is 0 Å². The fraction of sp³-hybridized carbons (Fsp3) is 0.409. The summed E-state index contributed by atoms with van der Waals surface area (Å²) in [7, 11) is 4.62. The van der Waals surface area contributed by atoms with Gasteiger partial charge in [-0.05, 0) is 29.3 Å². The first kappa shape index (κ1) is 18.9. The van der Waals surface area contributed by atoms with Crippen molar-refractivity contribution in [2.75, 3.05) is 34.7 Å². The molecule has 4 atom stereocenters. The largest absolute Gasteiger partial charge is 0.493 e. The molecule has 2 aromatic rings. The summed E-state index contributed by atoms with van der Waals surface area (Å²) < 4.78 is 33.2. The second-order valence-electron chi connectivity index (χ2n) is 7.50. The summed E-state index contributed by atoms with van der Waals surface area (Å²) in [5, 5.41) is 11.0. The molecule has 1 saturated heterocycles. The number of hydrogen-bond donors (Lipinski definition) is 1. The van der Waals surface area contributed by atoms with E-state index in [0.717, 1.165) is 11.1 Å². The van der Waals surface area contributed by atoms with Gasteiger partial charge in [-0.25, -0.2) is 0 Å². The topological polar surface area (TPSA) is 92.7 Å². The van der Waals surface area contributed by atoms with Crippen molar-refractivity contribution in [3.8, 4) is 28.7 Å². The number of aliphatic hydroxyl groups excluding tert-OH is 1. The quantitative estimate of drug-likeness (QED) is 0.763. The minimum absolute atomic E-state index is 0.0857. The fourth-order valence-electron chi connectivity index (χ4n) is 4.88. The predicted octanol–water partition coefficient (Wildman–Crippen LogP) is 2.41. The Hall–Kier alpha value is -3.13. The van der Waals surface area contributed by atoms with Crippen molar-refractivity contribution in [3.05, 3.63) is 41.0 Å². The van der Waals surface area contributed by atoms with Gasteiger partial charge in [-0.1, -0.05) is 6.07 Å². The van der Waals surface area contributed by atoms with Gasteiger partial charge < -0.3 is 33.5 Å². The molecule has 3 aliphatic rings. The van der Waals surface area contributed by atoms with E-state index in [1.54, 1.807) is 20.3 Å². The molecular weight excluding hydrogens is 392 g/mol. The number of fused-ring (bicyclic) bond motifs is 4. The van der Waals surface area contributed by atoms with Gasteiger partial charge in [0.1, 0.15) is 0 Å². The molecule has 30 heavy (non-hydrogen) atoms. The maximum atomic E-state index is 12.8. The number of carbonyl (C=O) groups excluding carboxylic acids is 1. The monoisotopic (exact) mass is 414 g/mol. The molecule has 8 heteroatoms. The molecule has 1 fully saturated rings. The van der Waals surface area contributed by atoms with E-state index < -0.39 is 17.9 Å². The Morgan fingerprint density at radius 2 is 1.73 bits per heavy atom. The molecule has 2 heterocycles. The summed E-state index contributed by atoms with van der Waals surface area (Å²) in [6.45, 7) is 0.252. The molecule has 5 rings (SSSR count). The van der Waals surface area contributed by atoms with Crippen LogP contribution in [-0.2, 0) is 9.53 Å². The second kappa shape index (κ2) is 6.98. The van der Waals surface area contributed by atoms with Gasteiger partial charge in [0.15, 0.2) is 23.0 Å². The van der Waals surface area contributed by atoms with Crippen LogP contribution in [0, 0.1) is 11.8 Å². The van der Waals surface area contributed by atoms with Crippen molar-refractivity contribution in [1.29, 1.82) is 0 Å². The Bertz CT molecular complexity index is 991.